The lowest BCUT2D eigenvalue weighted by Gasteiger charge is -2.23. The van der Waals surface area contributed by atoms with E-state index in [1.54, 1.807) is 6.20 Å². The lowest BCUT2D eigenvalue weighted by Crippen LogP contribution is -2.20. The van der Waals surface area contributed by atoms with E-state index in [0.717, 1.165) is 12.8 Å². The zero-order valence-electron chi connectivity index (χ0n) is 9.87. The van der Waals surface area contributed by atoms with Gasteiger partial charge in [-0.05, 0) is 37.8 Å². The summed E-state index contributed by atoms with van der Waals surface area (Å²) in [6, 6.07) is 3.67. The van der Waals surface area contributed by atoms with Crippen molar-refractivity contribution in [2.24, 2.45) is 5.92 Å². The number of pyridine rings is 1. The largest absolute Gasteiger partial charge is 0.481 e. The average molecular weight is 246 g/mol. The zero-order chi connectivity index (χ0) is 12.5. The maximum atomic E-state index is 10.9. The normalized spacial score (nSPS) is 24.2. The summed E-state index contributed by atoms with van der Waals surface area (Å²) in [7, 11) is 0. The van der Waals surface area contributed by atoms with E-state index in [0.29, 0.717) is 30.0 Å². The molecule has 0 aromatic carbocycles. The highest BCUT2D eigenvalue weighted by Crippen LogP contribution is 2.36. The van der Waals surface area contributed by atoms with Crippen molar-refractivity contribution >= 4 is 17.2 Å². The number of hydrogen-bond acceptors (Lipinski definition) is 4. The maximum absolute atomic E-state index is 10.9. The van der Waals surface area contributed by atoms with Crippen molar-refractivity contribution in [1.29, 1.82) is 0 Å². The van der Waals surface area contributed by atoms with Gasteiger partial charge in [0.2, 0.25) is 0 Å². The molecule has 0 atom stereocenters. The predicted octanol–water partition coefficient (Wildman–Crippen LogP) is 2.58. The average Bonchev–Trinajstić information content (AvgIpc) is 2.82. The van der Waals surface area contributed by atoms with Gasteiger partial charge in [0.25, 0.3) is 0 Å². The Hall–Kier alpha value is -1.91. The molecule has 2 aromatic heterocycles. The number of carboxylic acid groups (broad SMARTS) is 1. The van der Waals surface area contributed by atoms with Crippen molar-refractivity contribution in [2.75, 3.05) is 0 Å². The first-order chi connectivity index (χ1) is 8.74. The Bertz CT molecular complexity index is 537. The SMILES string of the molecule is O=C(O)C1CCC(c2nc3ncccc3o2)CC1. The first kappa shape index (κ1) is 11.2. The number of nitrogens with zero attached hydrogens (tertiary/aromatic N) is 2. The Morgan fingerprint density at radius 3 is 2.78 bits per heavy atom. The predicted molar refractivity (Wildman–Crippen MR) is 64.1 cm³/mol. The molecular formula is C13H14N2O3. The Balaban J connectivity index is 1.78. The van der Waals surface area contributed by atoms with Crippen LogP contribution in [0.15, 0.2) is 22.7 Å². The van der Waals surface area contributed by atoms with Crippen LogP contribution in [0.2, 0.25) is 0 Å². The van der Waals surface area contributed by atoms with Crippen LogP contribution >= 0.6 is 0 Å². The topological polar surface area (TPSA) is 76.2 Å². The molecule has 5 heteroatoms. The van der Waals surface area contributed by atoms with E-state index in [2.05, 4.69) is 9.97 Å². The highest BCUT2D eigenvalue weighted by atomic mass is 16.4. The molecule has 0 radical (unpaired) electrons. The van der Waals surface area contributed by atoms with Gasteiger partial charge >= 0.3 is 5.97 Å². The molecule has 1 saturated carbocycles. The summed E-state index contributed by atoms with van der Waals surface area (Å²) >= 11 is 0. The Labute approximate surface area is 104 Å². The van der Waals surface area contributed by atoms with Gasteiger partial charge in [0.1, 0.15) is 0 Å². The van der Waals surface area contributed by atoms with Crippen molar-refractivity contribution < 1.29 is 14.3 Å². The Morgan fingerprint density at radius 2 is 2.11 bits per heavy atom. The number of aliphatic carboxylic acids is 1. The lowest BCUT2D eigenvalue weighted by atomic mass is 9.82. The second-order valence-corrected chi connectivity index (χ2v) is 4.76. The van der Waals surface area contributed by atoms with E-state index in [1.165, 1.54) is 0 Å². The fourth-order valence-electron chi connectivity index (χ4n) is 2.55. The smallest absolute Gasteiger partial charge is 0.306 e. The molecule has 0 amide bonds. The number of aromatic nitrogens is 2. The van der Waals surface area contributed by atoms with E-state index in [4.69, 9.17) is 9.52 Å². The van der Waals surface area contributed by atoms with Gasteiger partial charge in [0.05, 0.1) is 5.92 Å². The second-order valence-electron chi connectivity index (χ2n) is 4.76. The molecule has 0 saturated heterocycles. The first-order valence-corrected chi connectivity index (χ1v) is 6.18. The molecule has 0 unspecified atom stereocenters. The van der Waals surface area contributed by atoms with Crippen molar-refractivity contribution in [3.63, 3.8) is 0 Å². The van der Waals surface area contributed by atoms with Crippen LogP contribution in [0.3, 0.4) is 0 Å². The number of rotatable bonds is 2. The minimum atomic E-state index is -0.687. The third kappa shape index (κ3) is 1.96. The van der Waals surface area contributed by atoms with E-state index < -0.39 is 5.97 Å². The molecule has 2 aromatic rings. The molecule has 5 nitrogen and oxygen atoms in total. The number of carbonyl (C=O) groups is 1. The van der Waals surface area contributed by atoms with Gasteiger partial charge in [0.15, 0.2) is 17.1 Å². The van der Waals surface area contributed by atoms with Crippen LogP contribution in [0.1, 0.15) is 37.5 Å². The first-order valence-electron chi connectivity index (χ1n) is 6.18. The van der Waals surface area contributed by atoms with Gasteiger partial charge in [-0.25, -0.2) is 4.98 Å². The second kappa shape index (κ2) is 4.40. The van der Waals surface area contributed by atoms with Crippen LogP contribution in [-0.4, -0.2) is 21.0 Å². The minimum absolute atomic E-state index is 0.205. The van der Waals surface area contributed by atoms with Gasteiger partial charge < -0.3 is 9.52 Å². The van der Waals surface area contributed by atoms with E-state index in [-0.39, 0.29) is 11.8 Å². The molecule has 94 valence electrons. The molecule has 0 spiro atoms. The molecule has 1 aliphatic rings. The molecule has 1 N–H and O–H groups in total. The summed E-state index contributed by atoms with van der Waals surface area (Å²) in [6.07, 6.45) is 4.74. The van der Waals surface area contributed by atoms with Crippen molar-refractivity contribution in [2.45, 2.75) is 31.6 Å². The van der Waals surface area contributed by atoms with E-state index in [1.807, 2.05) is 12.1 Å². The molecular weight excluding hydrogens is 232 g/mol. The molecule has 2 heterocycles. The minimum Gasteiger partial charge on any atom is -0.481 e. The monoisotopic (exact) mass is 246 g/mol. The van der Waals surface area contributed by atoms with Gasteiger partial charge in [-0.3, -0.25) is 4.79 Å². The number of carboxylic acids is 1. The fraction of sp³-hybridized carbons (Fsp3) is 0.462. The van der Waals surface area contributed by atoms with E-state index >= 15 is 0 Å². The van der Waals surface area contributed by atoms with Crippen LogP contribution in [0.4, 0.5) is 0 Å². The Morgan fingerprint density at radius 1 is 1.33 bits per heavy atom. The lowest BCUT2D eigenvalue weighted by molar-refractivity contribution is -0.142. The molecule has 1 aliphatic carbocycles. The highest BCUT2D eigenvalue weighted by molar-refractivity contribution is 5.70. The molecule has 1 fully saturated rings. The Kier molecular flexibility index (Phi) is 2.74. The van der Waals surface area contributed by atoms with Crippen LogP contribution in [0.5, 0.6) is 0 Å². The van der Waals surface area contributed by atoms with Crippen molar-refractivity contribution in [3.8, 4) is 0 Å². The number of hydrogen-bond donors (Lipinski definition) is 1. The number of oxazole rings is 1. The van der Waals surface area contributed by atoms with Crippen LogP contribution in [0.25, 0.3) is 11.2 Å². The summed E-state index contributed by atoms with van der Waals surface area (Å²) in [4.78, 5) is 19.4. The third-order valence-corrected chi connectivity index (χ3v) is 3.61. The summed E-state index contributed by atoms with van der Waals surface area (Å²) in [5.41, 5.74) is 1.33. The van der Waals surface area contributed by atoms with Crippen molar-refractivity contribution in [1.82, 2.24) is 9.97 Å². The van der Waals surface area contributed by atoms with Crippen LogP contribution in [-0.2, 0) is 4.79 Å². The summed E-state index contributed by atoms with van der Waals surface area (Å²) < 4.78 is 5.68. The molecule has 0 aliphatic heterocycles. The van der Waals surface area contributed by atoms with Gasteiger partial charge in [-0.1, -0.05) is 0 Å². The van der Waals surface area contributed by atoms with Crippen molar-refractivity contribution in [3.05, 3.63) is 24.2 Å². The van der Waals surface area contributed by atoms with Gasteiger partial charge in [-0.15, -0.1) is 0 Å². The van der Waals surface area contributed by atoms with E-state index in [9.17, 15) is 4.79 Å². The number of fused-ring (bicyclic) bond motifs is 1. The summed E-state index contributed by atoms with van der Waals surface area (Å²) in [5, 5.41) is 8.96. The quantitative estimate of drug-likeness (QED) is 0.881. The van der Waals surface area contributed by atoms with Crippen LogP contribution < -0.4 is 0 Å². The third-order valence-electron chi connectivity index (χ3n) is 3.61. The maximum Gasteiger partial charge on any atom is 0.306 e. The molecule has 18 heavy (non-hydrogen) atoms. The fourth-order valence-corrected chi connectivity index (χ4v) is 2.55. The zero-order valence-corrected chi connectivity index (χ0v) is 9.87. The standard InChI is InChI=1S/C13H14N2O3/c16-13(17)9-5-3-8(4-6-9)12-15-11-10(18-12)2-1-7-14-11/h1-2,7-9H,3-6H2,(H,16,17). The van der Waals surface area contributed by atoms with Gasteiger partial charge in [0, 0.05) is 12.1 Å². The molecule has 0 bridgehead atoms. The molecule has 3 rings (SSSR count). The van der Waals surface area contributed by atoms with Crippen LogP contribution in [0, 0.1) is 5.92 Å². The highest BCUT2D eigenvalue weighted by Gasteiger charge is 2.29. The summed E-state index contributed by atoms with van der Waals surface area (Å²) in [6.45, 7) is 0. The van der Waals surface area contributed by atoms with Gasteiger partial charge in [-0.2, -0.15) is 4.98 Å². The summed E-state index contributed by atoms with van der Waals surface area (Å²) in [5.74, 6) is 0.0405.